The number of hydrogen-bond donors (Lipinski definition) is 0. The van der Waals surface area contributed by atoms with Gasteiger partial charge in [0, 0.05) is 10.8 Å². The lowest BCUT2D eigenvalue weighted by atomic mass is 10.0. The molecule has 0 radical (unpaired) electrons. The largest absolute Gasteiger partial charge is 0.246 e. The van der Waals surface area contributed by atoms with Gasteiger partial charge in [0.1, 0.15) is 0 Å². The fourth-order valence-electron chi connectivity index (χ4n) is 2.90. The Labute approximate surface area is 117 Å². The van der Waals surface area contributed by atoms with Gasteiger partial charge < -0.3 is 0 Å². The molecule has 2 heteroatoms. The average Bonchev–Trinajstić information content (AvgIpc) is 2.49. The highest BCUT2D eigenvalue weighted by molar-refractivity contribution is 6.02. The third-order valence-corrected chi connectivity index (χ3v) is 4.02. The van der Waals surface area contributed by atoms with Crippen LogP contribution in [0.2, 0.25) is 0 Å². The van der Waals surface area contributed by atoms with Crippen LogP contribution < -0.4 is 0 Å². The molecule has 96 valence electrons. The smallest absolute Gasteiger partial charge is 0.0932 e. The van der Waals surface area contributed by atoms with Gasteiger partial charge >= 0.3 is 0 Å². The monoisotopic (exact) mass is 258 g/mol. The van der Waals surface area contributed by atoms with E-state index < -0.39 is 0 Å². The molecular formula is C18H14N2. The van der Waals surface area contributed by atoms with Crippen LogP contribution in [0.5, 0.6) is 0 Å². The van der Waals surface area contributed by atoms with Crippen LogP contribution in [0.4, 0.5) is 0 Å². The van der Waals surface area contributed by atoms with Crippen LogP contribution in [0.1, 0.15) is 11.1 Å². The zero-order chi connectivity index (χ0) is 13.7. The van der Waals surface area contributed by atoms with Crippen molar-refractivity contribution in [2.24, 2.45) is 0 Å². The molecule has 2 aromatic carbocycles. The van der Waals surface area contributed by atoms with E-state index in [9.17, 15) is 0 Å². The lowest BCUT2D eigenvalue weighted by Crippen LogP contribution is -1.94. The molecule has 0 N–H and O–H groups in total. The Morgan fingerprint density at radius 2 is 1.00 bits per heavy atom. The minimum atomic E-state index is 1.01. The van der Waals surface area contributed by atoms with Crippen LogP contribution in [-0.2, 0) is 0 Å². The third kappa shape index (κ3) is 1.45. The normalized spacial score (nSPS) is 11.5. The first-order valence-corrected chi connectivity index (χ1v) is 6.80. The van der Waals surface area contributed by atoms with E-state index in [4.69, 9.17) is 9.97 Å². The fourth-order valence-corrected chi connectivity index (χ4v) is 2.90. The average molecular weight is 258 g/mol. The molecule has 0 aliphatic heterocycles. The summed E-state index contributed by atoms with van der Waals surface area (Å²) >= 11 is 0. The number of aryl methyl sites for hydroxylation is 2. The van der Waals surface area contributed by atoms with Crippen LogP contribution >= 0.6 is 0 Å². The Bertz CT molecular complexity index is 890. The van der Waals surface area contributed by atoms with E-state index in [0.29, 0.717) is 0 Å². The molecule has 2 nitrogen and oxygen atoms in total. The minimum absolute atomic E-state index is 1.01. The second-order valence-corrected chi connectivity index (χ2v) is 5.21. The maximum absolute atomic E-state index is 4.83. The van der Waals surface area contributed by atoms with Gasteiger partial charge in [-0.3, -0.25) is 0 Å². The van der Waals surface area contributed by atoms with E-state index in [1.54, 1.807) is 0 Å². The van der Waals surface area contributed by atoms with Crippen molar-refractivity contribution < 1.29 is 0 Å². The lowest BCUT2D eigenvalue weighted by Gasteiger charge is -2.10. The van der Waals surface area contributed by atoms with E-state index in [1.165, 1.54) is 21.9 Å². The number of rotatable bonds is 0. The molecule has 0 amide bonds. The Balaban J connectivity index is 2.31. The molecule has 0 fully saturated rings. The van der Waals surface area contributed by atoms with Gasteiger partial charge in [0.05, 0.1) is 22.1 Å². The molecule has 0 aliphatic carbocycles. The minimum Gasteiger partial charge on any atom is -0.246 e. The molecule has 0 aliphatic rings. The molecule has 0 atom stereocenters. The highest BCUT2D eigenvalue weighted by atomic mass is 14.8. The summed E-state index contributed by atoms with van der Waals surface area (Å²) in [6, 6.07) is 16.5. The quantitative estimate of drug-likeness (QED) is 0.432. The first-order chi connectivity index (χ1) is 9.75. The Morgan fingerprint density at radius 1 is 0.600 bits per heavy atom. The van der Waals surface area contributed by atoms with Crippen molar-refractivity contribution in [3.05, 3.63) is 59.7 Å². The van der Waals surface area contributed by atoms with Gasteiger partial charge in [0.2, 0.25) is 0 Å². The van der Waals surface area contributed by atoms with Gasteiger partial charge in [-0.1, -0.05) is 36.4 Å². The van der Waals surface area contributed by atoms with E-state index in [2.05, 4.69) is 50.2 Å². The predicted octanol–water partition coefficient (Wildman–Crippen LogP) is 4.55. The molecule has 2 aromatic heterocycles. The molecule has 0 bridgehead atoms. The molecule has 0 saturated heterocycles. The van der Waals surface area contributed by atoms with Crippen LogP contribution in [0.3, 0.4) is 0 Å². The van der Waals surface area contributed by atoms with Crippen molar-refractivity contribution in [2.75, 3.05) is 0 Å². The van der Waals surface area contributed by atoms with E-state index in [-0.39, 0.29) is 0 Å². The second-order valence-electron chi connectivity index (χ2n) is 5.21. The predicted molar refractivity (Wildman–Crippen MR) is 84.0 cm³/mol. The zero-order valence-electron chi connectivity index (χ0n) is 11.5. The Morgan fingerprint density at radius 3 is 1.45 bits per heavy atom. The lowest BCUT2D eigenvalue weighted by molar-refractivity contribution is 1.36. The van der Waals surface area contributed by atoms with Crippen molar-refractivity contribution in [2.45, 2.75) is 13.8 Å². The standard InChI is InChI=1S/C18H14N2/c1-11-13-7-3-5-9-15(13)20-18-12(2)14-8-4-6-10-16(14)19-17(11)18/h3-10H,1-2H3. The number of nitrogens with zero attached hydrogens (tertiary/aromatic N) is 2. The van der Waals surface area contributed by atoms with Crippen LogP contribution in [0, 0.1) is 13.8 Å². The van der Waals surface area contributed by atoms with Gasteiger partial charge in [-0.15, -0.1) is 0 Å². The molecule has 0 unspecified atom stereocenters. The fraction of sp³-hybridized carbons (Fsp3) is 0.111. The van der Waals surface area contributed by atoms with Gasteiger partial charge in [0.25, 0.3) is 0 Å². The van der Waals surface area contributed by atoms with E-state index in [0.717, 1.165) is 22.1 Å². The Kier molecular flexibility index (Phi) is 2.27. The number of pyridine rings is 2. The summed E-state index contributed by atoms with van der Waals surface area (Å²) in [6.07, 6.45) is 0. The third-order valence-electron chi connectivity index (χ3n) is 4.02. The molecular weight excluding hydrogens is 244 g/mol. The summed E-state index contributed by atoms with van der Waals surface area (Å²) in [6.45, 7) is 4.26. The molecule has 4 aromatic rings. The molecule has 2 heterocycles. The van der Waals surface area contributed by atoms with Crippen LogP contribution in [0.15, 0.2) is 48.5 Å². The van der Waals surface area contributed by atoms with Gasteiger partial charge in [-0.05, 0) is 37.1 Å². The van der Waals surface area contributed by atoms with Crippen molar-refractivity contribution in [1.29, 1.82) is 0 Å². The van der Waals surface area contributed by atoms with Gasteiger partial charge in [-0.25, -0.2) is 9.97 Å². The molecule has 20 heavy (non-hydrogen) atoms. The first-order valence-electron chi connectivity index (χ1n) is 6.80. The van der Waals surface area contributed by atoms with Crippen LogP contribution in [-0.4, -0.2) is 9.97 Å². The van der Waals surface area contributed by atoms with E-state index in [1.807, 2.05) is 12.1 Å². The summed E-state index contributed by atoms with van der Waals surface area (Å²) in [4.78, 5) is 9.65. The van der Waals surface area contributed by atoms with Crippen molar-refractivity contribution in [3.8, 4) is 0 Å². The Hall–Kier alpha value is -2.48. The van der Waals surface area contributed by atoms with E-state index >= 15 is 0 Å². The second kappa shape index (κ2) is 4.01. The summed E-state index contributed by atoms with van der Waals surface area (Å²) in [5.41, 5.74) is 6.52. The summed E-state index contributed by atoms with van der Waals surface area (Å²) in [5, 5.41) is 2.37. The van der Waals surface area contributed by atoms with Gasteiger partial charge in [-0.2, -0.15) is 0 Å². The maximum Gasteiger partial charge on any atom is 0.0932 e. The van der Waals surface area contributed by atoms with Crippen molar-refractivity contribution in [1.82, 2.24) is 9.97 Å². The van der Waals surface area contributed by atoms with Crippen molar-refractivity contribution in [3.63, 3.8) is 0 Å². The number of para-hydroxylation sites is 2. The number of hydrogen-bond acceptors (Lipinski definition) is 2. The molecule has 4 rings (SSSR count). The first kappa shape index (κ1) is 11.4. The maximum atomic E-state index is 4.83. The highest BCUT2D eigenvalue weighted by Crippen LogP contribution is 2.29. The van der Waals surface area contributed by atoms with Crippen molar-refractivity contribution >= 4 is 32.8 Å². The number of fused-ring (bicyclic) bond motifs is 3. The topological polar surface area (TPSA) is 25.8 Å². The highest BCUT2D eigenvalue weighted by Gasteiger charge is 2.11. The summed E-state index contributed by atoms with van der Waals surface area (Å²) in [7, 11) is 0. The van der Waals surface area contributed by atoms with Crippen LogP contribution in [0.25, 0.3) is 32.8 Å². The molecule has 0 spiro atoms. The van der Waals surface area contributed by atoms with Gasteiger partial charge in [0.15, 0.2) is 0 Å². The number of benzene rings is 2. The zero-order valence-corrected chi connectivity index (χ0v) is 11.5. The SMILES string of the molecule is Cc1c2ccccc2nc2c(C)c3ccccc3nc12. The summed E-state index contributed by atoms with van der Waals surface area (Å²) in [5.74, 6) is 0. The summed E-state index contributed by atoms with van der Waals surface area (Å²) < 4.78 is 0. The molecule has 0 saturated carbocycles. The number of aromatic nitrogens is 2.